The molecule has 0 N–H and O–H groups in total. The number of halogens is 1. The summed E-state index contributed by atoms with van der Waals surface area (Å²) in [6, 6.07) is 17.5. The van der Waals surface area contributed by atoms with Crippen LogP contribution in [0.15, 0.2) is 48.5 Å². The summed E-state index contributed by atoms with van der Waals surface area (Å²) in [7, 11) is 0. The first-order valence-electron chi connectivity index (χ1n) is 10.1. The van der Waals surface area contributed by atoms with Gasteiger partial charge in [0.1, 0.15) is 0 Å². The number of aryl methyl sites for hydroxylation is 1. The molecule has 1 atom stereocenters. The molecule has 144 valence electrons. The van der Waals surface area contributed by atoms with Crippen molar-refractivity contribution in [1.82, 2.24) is 0 Å². The molecule has 0 aliphatic heterocycles. The topological polar surface area (TPSA) is 0 Å². The second kappa shape index (κ2) is 12.2. The smallest absolute Gasteiger partial charge is 0.0476 e. The van der Waals surface area contributed by atoms with Crippen LogP contribution in [0.4, 0.5) is 0 Å². The fourth-order valence-corrected chi connectivity index (χ4v) is 3.79. The summed E-state index contributed by atoms with van der Waals surface area (Å²) in [5.41, 5.74) is 5.57. The summed E-state index contributed by atoms with van der Waals surface area (Å²) in [6.07, 6.45) is 3.46. The van der Waals surface area contributed by atoms with Crippen LogP contribution in [0.3, 0.4) is 0 Å². The van der Waals surface area contributed by atoms with E-state index in [4.69, 9.17) is 11.6 Å². The first-order valence-corrected chi connectivity index (χ1v) is 10.7. The van der Waals surface area contributed by atoms with Crippen molar-refractivity contribution in [2.45, 2.75) is 72.6 Å². The number of hydrogen-bond acceptors (Lipinski definition) is 0. The maximum atomic E-state index is 5.92. The monoisotopic (exact) mass is 372 g/mol. The van der Waals surface area contributed by atoms with Gasteiger partial charge in [0.05, 0.1) is 0 Å². The molecule has 0 aliphatic carbocycles. The summed E-state index contributed by atoms with van der Waals surface area (Å²) in [5.74, 6) is 2.82. The zero-order chi connectivity index (χ0) is 19.5. The molecule has 0 spiro atoms. The van der Waals surface area contributed by atoms with E-state index in [1.165, 1.54) is 28.7 Å². The van der Waals surface area contributed by atoms with Crippen LogP contribution in [0.5, 0.6) is 0 Å². The van der Waals surface area contributed by atoms with E-state index in [1.807, 2.05) is 0 Å². The van der Waals surface area contributed by atoms with Crippen LogP contribution in [-0.4, -0.2) is 0 Å². The van der Waals surface area contributed by atoms with Gasteiger partial charge in [-0.15, -0.1) is 11.6 Å². The van der Waals surface area contributed by atoms with Gasteiger partial charge in [-0.25, -0.2) is 0 Å². The van der Waals surface area contributed by atoms with Gasteiger partial charge in [0.2, 0.25) is 0 Å². The van der Waals surface area contributed by atoms with Crippen molar-refractivity contribution in [2.24, 2.45) is 11.8 Å². The molecular formula is C25H37Cl. The number of hydrogen-bond donors (Lipinski definition) is 0. The van der Waals surface area contributed by atoms with Crippen molar-refractivity contribution in [3.05, 3.63) is 70.8 Å². The molecule has 26 heavy (non-hydrogen) atoms. The van der Waals surface area contributed by atoms with Crippen LogP contribution < -0.4 is 0 Å². The van der Waals surface area contributed by atoms with Crippen LogP contribution in [0.25, 0.3) is 0 Å². The number of alkyl halides is 1. The standard InChI is InChI=1S/C13H19Cl.C12H18/c1-4-12-6-5-11(7-10(2)3)8-13(12)9-14;1-4-12(10(2)3)11-8-6-5-7-9-11/h5-6,8,10H,4,7,9H2,1-3H3;5-10,12H,4H2,1-3H3. The highest BCUT2D eigenvalue weighted by Crippen LogP contribution is 2.26. The molecule has 2 aromatic rings. The average molecular weight is 373 g/mol. The molecule has 0 amide bonds. The van der Waals surface area contributed by atoms with E-state index >= 15 is 0 Å². The van der Waals surface area contributed by atoms with Crippen molar-refractivity contribution in [2.75, 3.05) is 0 Å². The molecule has 0 aromatic heterocycles. The van der Waals surface area contributed by atoms with Gasteiger partial charge in [0.25, 0.3) is 0 Å². The van der Waals surface area contributed by atoms with Gasteiger partial charge >= 0.3 is 0 Å². The van der Waals surface area contributed by atoms with E-state index in [0.29, 0.717) is 11.8 Å². The molecule has 0 radical (unpaired) electrons. The molecule has 0 saturated carbocycles. The Kier molecular flexibility index (Phi) is 10.7. The van der Waals surface area contributed by atoms with E-state index in [1.54, 1.807) is 0 Å². The molecule has 0 bridgehead atoms. The van der Waals surface area contributed by atoms with E-state index in [2.05, 4.69) is 90.1 Å². The molecule has 0 heterocycles. The van der Waals surface area contributed by atoms with Crippen LogP contribution in [0.2, 0.25) is 0 Å². The maximum Gasteiger partial charge on any atom is 0.0476 e. The molecule has 1 heteroatoms. The van der Waals surface area contributed by atoms with Crippen LogP contribution >= 0.6 is 11.6 Å². The summed E-state index contributed by atoms with van der Waals surface area (Å²) in [4.78, 5) is 0. The second-order valence-electron chi connectivity index (χ2n) is 7.86. The van der Waals surface area contributed by atoms with Crippen LogP contribution in [0.1, 0.15) is 76.1 Å². The van der Waals surface area contributed by atoms with E-state index in [-0.39, 0.29) is 0 Å². The summed E-state index contributed by atoms with van der Waals surface area (Å²) in [6.45, 7) is 13.5. The van der Waals surface area contributed by atoms with Crippen molar-refractivity contribution in [1.29, 1.82) is 0 Å². The minimum atomic E-state index is 0.634. The Hall–Kier alpha value is -1.27. The van der Waals surface area contributed by atoms with Crippen LogP contribution in [0, 0.1) is 11.8 Å². The predicted molar refractivity (Wildman–Crippen MR) is 118 cm³/mol. The Morgan fingerprint density at radius 3 is 1.96 bits per heavy atom. The Balaban J connectivity index is 0.000000263. The first-order chi connectivity index (χ1) is 12.4. The average Bonchev–Trinajstić information content (AvgIpc) is 2.63. The van der Waals surface area contributed by atoms with Crippen molar-refractivity contribution >= 4 is 11.6 Å². The lowest BCUT2D eigenvalue weighted by Gasteiger charge is -2.18. The Labute approximate surface area is 167 Å². The van der Waals surface area contributed by atoms with E-state index < -0.39 is 0 Å². The Bertz CT molecular complexity index is 613. The van der Waals surface area contributed by atoms with Gasteiger partial charge in [-0.1, -0.05) is 90.1 Å². The summed E-state index contributed by atoms with van der Waals surface area (Å²) >= 11 is 5.92. The molecule has 0 nitrogen and oxygen atoms in total. The highest BCUT2D eigenvalue weighted by Gasteiger charge is 2.12. The van der Waals surface area contributed by atoms with Crippen molar-refractivity contribution in [3.8, 4) is 0 Å². The van der Waals surface area contributed by atoms with Crippen molar-refractivity contribution in [3.63, 3.8) is 0 Å². The van der Waals surface area contributed by atoms with Gasteiger partial charge in [-0.3, -0.25) is 0 Å². The van der Waals surface area contributed by atoms with Crippen molar-refractivity contribution < 1.29 is 0 Å². The largest absolute Gasteiger partial charge is 0.122 e. The van der Waals surface area contributed by atoms with Gasteiger partial charge in [-0.05, 0) is 59.3 Å². The lowest BCUT2D eigenvalue weighted by Crippen LogP contribution is -2.04. The van der Waals surface area contributed by atoms with E-state index in [9.17, 15) is 0 Å². The highest BCUT2D eigenvalue weighted by atomic mass is 35.5. The van der Waals surface area contributed by atoms with E-state index in [0.717, 1.165) is 24.7 Å². The summed E-state index contributed by atoms with van der Waals surface area (Å²) in [5, 5.41) is 0. The third kappa shape index (κ3) is 7.54. The number of rotatable bonds is 7. The molecule has 1 unspecified atom stereocenters. The fourth-order valence-electron chi connectivity index (χ4n) is 3.54. The van der Waals surface area contributed by atoms with Gasteiger partial charge in [0, 0.05) is 5.88 Å². The minimum absolute atomic E-state index is 0.634. The minimum Gasteiger partial charge on any atom is -0.122 e. The molecule has 0 fully saturated rings. The highest BCUT2D eigenvalue weighted by molar-refractivity contribution is 6.17. The zero-order valence-electron chi connectivity index (χ0n) is 17.6. The fraction of sp³-hybridized carbons (Fsp3) is 0.520. The Morgan fingerprint density at radius 1 is 0.846 bits per heavy atom. The van der Waals surface area contributed by atoms with Crippen LogP contribution in [-0.2, 0) is 18.7 Å². The number of benzene rings is 2. The molecule has 0 saturated heterocycles. The first kappa shape index (κ1) is 22.8. The third-order valence-electron chi connectivity index (χ3n) is 4.91. The lowest BCUT2D eigenvalue weighted by molar-refractivity contribution is 0.485. The quantitative estimate of drug-likeness (QED) is 0.431. The molecule has 0 aliphatic rings. The Morgan fingerprint density at radius 2 is 1.50 bits per heavy atom. The normalized spacial score (nSPS) is 12.0. The summed E-state index contributed by atoms with van der Waals surface area (Å²) < 4.78 is 0. The third-order valence-corrected chi connectivity index (χ3v) is 5.20. The van der Waals surface area contributed by atoms with Gasteiger partial charge in [0.15, 0.2) is 0 Å². The predicted octanol–water partition coefficient (Wildman–Crippen LogP) is 8.02. The van der Waals surface area contributed by atoms with Gasteiger partial charge in [-0.2, -0.15) is 0 Å². The lowest BCUT2D eigenvalue weighted by atomic mass is 9.86. The molecular weight excluding hydrogens is 336 g/mol. The SMILES string of the molecule is CCC(c1ccccc1)C(C)C.CCc1ccc(CC(C)C)cc1CCl. The maximum absolute atomic E-state index is 5.92. The second-order valence-corrected chi connectivity index (χ2v) is 8.12. The van der Waals surface area contributed by atoms with Gasteiger partial charge < -0.3 is 0 Å². The molecule has 2 rings (SSSR count). The zero-order valence-corrected chi connectivity index (χ0v) is 18.3. The molecule has 2 aromatic carbocycles.